The predicted octanol–water partition coefficient (Wildman–Crippen LogP) is 5.12. The van der Waals surface area contributed by atoms with E-state index in [0.29, 0.717) is 29.5 Å². The first kappa shape index (κ1) is 26.0. The highest BCUT2D eigenvalue weighted by Crippen LogP contribution is 2.25. The monoisotopic (exact) mass is 512 g/mol. The number of urea groups is 1. The van der Waals surface area contributed by atoms with Crippen molar-refractivity contribution in [1.29, 1.82) is 0 Å². The molecule has 0 fully saturated rings. The summed E-state index contributed by atoms with van der Waals surface area (Å²) in [5.74, 6) is 1.62. The molecule has 0 bridgehead atoms. The Bertz CT molecular complexity index is 1350. The first-order valence-corrected chi connectivity index (χ1v) is 12.0. The van der Waals surface area contributed by atoms with E-state index in [1.165, 1.54) is 6.20 Å². The van der Waals surface area contributed by atoms with E-state index in [9.17, 15) is 9.59 Å². The largest absolute Gasteiger partial charge is 0.493 e. The molecule has 4 rings (SSSR count). The van der Waals surface area contributed by atoms with Gasteiger partial charge >= 0.3 is 6.03 Å². The van der Waals surface area contributed by atoms with Crippen molar-refractivity contribution in [1.82, 2.24) is 10.3 Å². The quantitative estimate of drug-likeness (QED) is 0.241. The molecule has 4 aromatic rings. The first-order valence-electron chi connectivity index (χ1n) is 12.0. The normalized spacial score (nSPS) is 10.2. The first-order chi connectivity index (χ1) is 18.6. The smallest absolute Gasteiger partial charge is 0.324 e. The van der Waals surface area contributed by atoms with Crippen molar-refractivity contribution in [3.8, 4) is 17.2 Å². The van der Waals surface area contributed by atoms with Gasteiger partial charge in [0, 0.05) is 11.9 Å². The van der Waals surface area contributed by atoms with Crippen molar-refractivity contribution in [2.75, 3.05) is 30.9 Å². The number of benzene rings is 3. The van der Waals surface area contributed by atoms with Crippen molar-refractivity contribution in [3.05, 3.63) is 108 Å². The highest BCUT2D eigenvalue weighted by atomic mass is 16.5. The van der Waals surface area contributed by atoms with Crippen LogP contribution < -0.4 is 30.2 Å². The van der Waals surface area contributed by atoms with Crippen molar-refractivity contribution in [2.24, 2.45) is 0 Å². The van der Waals surface area contributed by atoms with Crippen LogP contribution in [0, 0.1) is 0 Å². The number of ether oxygens (including phenoxy) is 3. The lowest BCUT2D eigenvalue weighted by Gasteiger charge is -2.13. The predicted molar refractivity (Wildman–Crippen MR) is 145 cm³/mol. The van der Waals surface area contributed by atoms with Gasteiger partial charge in [0.25, 0.3) is 5.91 Å². The molecule has 0 radical (unpaired) electrons. The topological polar surface area (TPSA) is 111 Å². The average Bonchev–Trinajstić information content (AvgIpc) is 2.96. The molecule has 9 nitrogen and oxygen atoms in total. The van der Waals surface area contributed by atoms with Gasteiger partial charge in [-0.05, 0) is 54.1 Å². The van der Waals surface area contributed by atoms with E-state index in [0.717, 1.165) is 5.56 Å². The average molecular weight is 513 g/mol. The van der Waals surface area contributed by atoms with Gasteiger partial charge in [-0.1, -0.05) is 42.5 Å². The summed E-state index contributed by atoms with van der Waals surface area (Å²) in [5.41, 5.74) is 1.85. The van der Waals surface area contributed by atoms with E-state index < -0.39 is 11.9 Å². The molecule has 1 aromatic heterocycles. The number of amides is 3. The van der Waals surface area contributed by atoms with E-state index in [1.807, 2.05) is 42.5 Å². The molecule has 0 saturated heterocycles. The minimum Gasteiger partial charge on any atom is -0.493 e. The summed E-state index contributed by atoms with van der Waals surface area (Å²) in [5, 5.41) is 8.13. The third kappa shape index (κ3) is 7.47. The van der Waals surface area contributed by atoms with Crippen LogP contribution >= 0.6 is 0 Å². The third-order valence-electron chi connectivity index (χ3n) is 5.36. The fourth-order valence-corrected chi connectivity index (χ4v) is 3.49. The molecule has 0 aliphatic carbocycles. The van der Waals surface area contributed by atoms with Crippen LogP contribution in [0.1, 0.15) is 15.9 Å². The van der Waals surface area contributed by atoms with Gasteiger partial charge < -0.3 is 24.8 Å². The number of pyridine rings is 1. The maximum absolute atomic E-state index is 12.7. The molecule has 3 amide bonds. The Morgan fingerprint density at radius 2 is 1.53 bits per heavy atom. The number of aromatic nitrogens is 1. The molecule has 194 valence electrons. The fraction of sp³-hybridized carbons (Fsp3) is 0.138. The summed E-state index contributed by atoms with van der Waals surface area (Å²) < 4.78 is 16.7. The molecule has 0 saturated carbocycles. The van der Waals surface area contributed by atoms with Crippen molar-refractivity contribution >= 4 is 23.4 Å². The molecule has 38 heavy (non-hydrogen) atoms. The highest BCUT2D eigenvalue weighted by Gasteiger charge is 2.14. The Kier molecular flexibility index (Phi) is 9.12. The minimum absolute atomic E-state index is 0.135. The van der Waals surface area contributed by atoms with Crippen LogP contribution in [0.3, 0.4) is 0 Å². The second kappa shape index (κ2) is 13.3. The Morgan fingerprint density at radius 1 is 0.789 bits per heavy atom. The zero-order valence-corrected chi connectivity index (χ0v) is 20.8. The lowest BCUT2D eigenvalue weighted by Crippen LogP contribution is -2.30. The molecule has 0 aliphatic heterocycles. The van der Waals surface area contributed by atoms with Crippen LogP contribution in [0.25, 0.3) is 0 Å². The van der Waals surface area contributed by atoms with Gasteiger partial charge in [-0.15, -0.1) is 0 Å². The van der Waals surface area contributed by atoms with Crippen LogP contribution in [0.5, 0.6) is 17.2 Å². The molecule has 3 aromatic carbocycles. The Hall–Kier alpha value is -5.05. The summed E-state index contributed by atoms with van der Waals surface area (Å²) in [6.07, 6.45) is 1.50. The summed E-state index contributed by atoms with van der Waals surface area (Å²) >= 11 is 0. The fourth-order valence-electron chi connectivity index (χ4n) is 3.49. The number of para-hydroxylation sites is 2. The minimum atomic E-state index is -0.532. The van der Waals surface area contributed by atoms with Crippen molar-refractivity contribution in [2.45, 2.75) is 6.61 Å². The number of hydrogen-bond donors (Lipinski definition) is 3. The number of carbonyl (C=O) groups is 2. The van der Waals surface area contributed by atoms with Gasteiger partial charge in [-0.3, -0.25) is 10.1 Å². The maximum Gasteiger partial charge on any atom is 0.324 e. The van der Waals surface area contributed by atoms with Crippen LogP contribution in [0.15, 0.2) is 97.2 Å². The van der Waals surface area contributed by atoms with Crippen molar-refractivity contribution in [3.63, 3.8) is 0 Å². The van der Waals surface area contributed by atoms with Gasteiger partial charge in [-0.2, -0.15) is 0 Å². The molecular weight excluding hydrogens is 484 g/mol. The number of hydrogen-bond acceptors (Lipinski definition) is 6. The second-order valence-electron chi connectivity index (χ2n) is 8.03. The number of anilines is 2. The van der Waals surface area contributed by atoms with Crippen LogP contribution in [-0.2, 0) is 6.61 Å². The lowest BCUT2D eigenvalue weighted by molar-refractivity contribution is 0.0947. The number of carbonyl (C=O) groups excluding carboxylic acids is 2. The Morgan fingerprint density at radius 3 is 2.29 bits per heavy atom. The summed E-state index contributed by atoms with van der Waals surface area (Å²) in [6.45, 7) is 0.933. The van der Waals surface area contributed by atoms with E-state index >= 15 is 0 Å². The third-order valence-corrected chi connectivity index (χ3v) is 5.36. The Labute approximate surface area is 220 Å². The highest BCUT2D eigenvalue weighted by molar-refractivity contribution is 6.05. The molecular formula is C29H28N4O5. The van der Waals surface area contributed by atoms with Crippen LogP contribution in [0.4, 0.5) is 16.3 Å². The maximum atomic E-state index is 12.7. The lowest BCUT2D eigenvalue weighted by atomic mass is 10.2. The van der Waals surface area contributed by atoms with E-state index in [2.05, 4.69) is 20.9 Å². The van der Waals surface area contributed by atoms with Gasteiger partial charge in [0.05, 0.1) is 19.2 Å². The standard InChI is InChI=1S/C29H28N4O5/c1-36-25-11-5-6-12-26(25)37-19-18-31-28(34)24-10-7-17-30-27(24)33-29(35)32-22-13-15-23(16-14-22)38-20-21-8-3-2-4-9-21/h2-17H,18-20H2,1H3,(H,31,34)(H2,30,32,33,35). The number of rotatable bonds is 11. The van der Waals surface area contributed by atoms with E-state index in [4.69, 9.17) is 14.2 Å². The SMILES string of the molecule is COc1ccccc1OCCNC(=O)c1cccnc1NC(=O)Nc1ccc(OCc2ccccc2)cc1. The van der Waals surface area contributed by atoms with Gasteiger partial charge in [0.1, 0.15) is 24.8 Å². The summed E-state index contributed by atoms with van der Waals surface area (Å²) in [7, 11) is 1.56. The molecule has 0 unspecified atom stereocenters. The summed E-state index contributed by atoms with van der Waals surface area (Å²) in [4.78, 5) is 29.4. The number of nitrogens with zero attached hydrogens (tertiary/aromatic N) is 1. The van der Waals surface area contributed by atoms with Gasteiger partial charge in [0.15, 0.2) is 11.5 Å². The van der Waals surface area contributed by atoms with Gasteiger partial charge in [0.2, 0.25) is 0 Å². The van der Waals surface area contributed by atoms with E-state index in [1.54, 1.807) is 55.6 Å². The van der Waals surface area contributed by atoms with Gasteiger partial charge in [-0.25, -0.2) is 9.78 Å². The second-order valence-corrected chi connectivity index (χ2v) is 8.03. The number of methoxy groups -OCH3 is 1. The molecule has 0 spiro atoms. The van der Waals surface area contributed by atoms with Crippen LogP contribution in [-0.4, -0.2) is 37.2 Å². The zero-order chi connectivity index (χ0) is 26.6. The molecule has 1 heterocycles. The zero-order valence-electron chi connectivity index (χ0n) is 20.8. The van der Waals surface area contributed by atoms with E-state index in [-0.39, 0.29) is 24.5 Å². The van der Waals surface area contributed by atoms with Crippen LogP contribution in [0.2, 0.25) is 0 Å². The molecule has 0 atom stereocenters. The molecule has 0 aliphatic rings. The van der Waals surface area contributed by atoms with Crippen molar-refractivity contribution < 1.29 is 23.8 Å². The Balaban J connectivity index is 1.26. The molecule has 3 N–H and O–H groups in total. The number of nitrogens with one attached hydrogen (secondary N) is 3. The molecule has 9 heteroatoms. The summed E-state index contributed by atoms with van der Waals surface area (Å²) in [6, 6.07) is 26.8.